The van der Waals surface area contributed by atoms with Crippen molar-refractivity contribution in [1.29, 1.82) is 0 Å². The summed E-state index contributed by atoms with van der Waals surface area (Å²) in [5.74, 6) is 1.26. The van der Waals surface area contributed by atoms with Gasteiger partial charge in [-0.1, -0.05) is 18.2 Å². The van der Waals surface area contributed by atoms with Gasteiger partial charge in [0.15, 0.2) is 5.82 Å². The fourth-order valence-electron chi connectivity index (χ4n) is 5.49. The lowest BCUT2D eigenvalue weighted by Gasteiger charge is -2.19. The third-order valence-electron chi connectivity index (χ3n) is 7.63. The Morgan fingerprint density at radius 1 is 1.05 bits per heavy atom. The van der Waals surface area contributed by atoms with Crippen LogP contribution < -0.4 is 20.5 Å². The molecule has 1 aliphatic rings. The second kappa shape index (κ2) is 12.3. The van der Waals surface area contributed by atoms with Crippen molar-refractivity contribution in [3.8, 4) is 28.5 Å². The van der Waals surface area contributed by atoms with E-state index in [1.807, 2.05) is 30.3 Å². The molecular formula is C31H30N6O7. The molecule has 226 valence electrons. The Balaban J connectivity index is 0.845. The van der Waals surface area contributed by atoms with Crippen molar-refractivity contribution in [2.75, 3.05) is 39.6 Å². The zero-order chi connectivity index (χ0) is 29.9. The molecule has 1 aliphatic heterocycles. The van der Waals surface area contributed by atoms with Crippen LogP contribution in [0.2, 0.25) is 0 Å². The van der Waals surface area contributed by atoms with E-state index in [4.69, 9.17) is 28.2 Å². The smallest absolute Gasteiger partial charge is 0.261 e. The summed E-state index contributed by atoms with van der Waals surface area (Å²) < 4.78 is 28.5. The summed E-state index contributed by atoms with van der Waals surface area (Å²) in [5, 5.41) is 20.5. The minimum atomic E-state index is -0.0744. The van der Waals surface area contributed by atoms with E-state index in [9.17, 15) is 10.0 Å². The molecule has 0 amide bonds. The summed E-state index contributed by atoms with van der Waals surface area (Å²) in [4.78, 5) is 22.1. The number of aromatic amines is 1. The molecule has 6 aromatic rings. The molecule has 13 heteroatoms. The fraction of sp³-hybridized carbons (Fsp3) is 0.290. The van der Waals surface area contributed by atoms with Crippen molar-refractivity contribution in [3.05, 3.63) is 87.9 Å². The number of rotatable bonds is 13. The van der Waals surface area contributed by atoms with Crippen LogP contribution in [0.15, 0.2) is 74.9 Å². The van der Waals surface area contributed by atoms with Crippen molar-refractivity contribution < 1.29 is 28.2 Å². The predicted octanol–water partition coefficient (Wildman–Crippen LogP) is 3.18. The van der Waals surface area contributed by atoms with Gasteiger partial charge < -0.3 is 34.1 Å². The first kappa shape index (κ1) is 27.8. The van der Waals surface area contributed by atoms with Crippen molar-refractivity contribution in [2.24, 2.45) is 0 Å². The van der Waals surface area contributed by atoms with E-state index in [1.165, 1.54) is 23.5 Å². The molecule has 0 unspecified atom stereocenters. The quantitative estimate of drug-likeness (QED) is 0.149. The summed E-state index contributed by atoms with van der Waals surface area (Å²) in [6, 6.07) is 15.3. The lowest BCUT2D eigenvalue weighted by Crippen LogP contribution is -2.32. The number of hydrogen-bond donors (Lipinski definition) is 2. The molecule has 0 atom stereocenters. The number of H-pyrrole nitrogens is 1. The van der Waals surface area contributed by atoms with Gasteiger partial charge in [-0.15, -0.1) is 0 Å². The number of para-hydroxylation sites is 1. The number of benzene rings is 2. The highest BCUT2D eigenvalue weighted by Gasteiger charge is 2.24. The molecule has 0 spiro atoms. The highest BCUT2D eigenvalue weighted by atomic mass is 16.8. The molecular weight excluding hydrogens is 568 g/mol. The number of furan rings is 1. The van der Waals surface area contributed by atoms with Gasteiger partial charge in [-0.3, -0.25) is 14.0 Å². The van der Waals surface area contributed by atoms with E-state index in [0.717, 1.165) is 17.6 Å². The second-order valence-corrected chi connectivity index (χ2v) is 10.3. The van der Waals surface area contributed by atoms with Crippen LogP contribution in [0, 0.1) is 5.21 Å². The maximum Gasteiger partial charge on any atom is 0.261 e. The van der Waals surface area contributed by atoms with Crippen molar-refractivity contribution in [1.82, 2.24) is 25.0 Å². The van der Waals surface area contributed by atoms with E-state index in [-0.39, 0.29) is 12.1 Å². The van der Waals surface area contributed by atoms with Gasteiger partial charge in [0.2, 0.25) is 5.69 Å². The molecule has 7 rings (SSSR count). The zero-order valence-electron chi connectivity index (χ0n) is 23.8. The van der Waals surface area contributed by atoms with E-state index in [0.29, 0.717) is 90.5 Å². The van der Waals surface area contributed by atoms with Gasteiger partial charge in [0, 0.05) is 29.1 Å². The standard InChI is InChI=1S/C31H30N6O7/c38-31-24-17-21(5-6-26(24)34-30-29-23(7-10-36(30)31)22-3-1-2-4-25(22)33-29)43-16-15-41-14-13-40-12-9-32-18-27-28(35-44-37(27)39)20-8-11-42-19-20/h1-6,8,11,17,19,32-33H,7,9-10,12-16,18H2. The van der Waals surface area contributed by atoms with Crippen LogP contribution >= 0.6 is 0 Å². The zero-order valence-corrected chi connectivity index (χ0v) is 23.8. The van der Waals surface area contributed by atoms with Crippen molar-refractivity contribution in [3.63, 3.8) is 0 Å². The van der Waals surface area contributed by atoms with Crippen molar-refractivity contribution >= 4 is 21.8 Å². The number of nitrogens with zero attached hydrogens (tertiary/aromatic N) is 4. The highest BCUT2D eigenvalue weighted by molar-refractivity contribution is 5.91. The normalized spacial score (nSPS) is 12.5. The summed E-state index contributed by atoms with van der Waals surface area (Å²) >= 11 is 0. The number of aryl methyl sites for hydroxylation is 1. The predicted molar refractivity (Wildman–Crippen MR) is 159 cm³/mol. The van der Waals surface area contributed by atoms with Gasteiger partial charge >= 0.3 is 0 Å². The maximum absolute atomic E-state index is 13.4. The Hall–Kier alpha value is -4.98. The molecule has 2 N–H and O–H groups in total. The van der Waals surface area contributed by atoms with Crippen molar-refractivity contribution in [2.45, 2.75) is 19.5 Å². The molecule has 5 heterocycles. The minimum absolute atomic E-state index is 0.0744. The number of hydrogen-bond acceptors (Lipinski definition) is 10. The third kappa shape index (κ3) is 5.43. The lowest BCUT2D eigenvalue weighted by molar-refractivity contribution is -0.808. The van der Waals surface area contributed by atoms with Crippen LogP contribution in [0.25, 0.3) is 44.6 Å². The Kier molecular flexibility index (Phi) is 7.80. The average molecular weight is 599 g/mol. The maximum atomic E-state index is 13.4. The number of aromatic nitrogens is 5. The van der Waals surface area contributed by atoms with Gasteiger partial charge in [-0.05, 0) is 47.2 Å². The van der Waals surface area contributed by atoms with Gasteiger partial charge in [0.05, 0.1) is 61.4 Å². The molecule has 0 radical (unpaired) electrons. The van der Waals surface area contributed by atoms with Gasteiger partial charge in [-0.2, -0.15) is 0 Å². The SMILES string of the molecule is O=c1c2cc(OCCOCCOCCNCc3c(-c4ccoc4)no[n+]3[O-])ccc2nc2n1CCc1c-2[nH]c2ccccc12. The first-order chi connectivity index (χ1) is 21.7. The minimum Gasteiger partial charge on any atom is -0.491 e. The largest absolute Gasteiger partial charge is 0.491 e. The third-order valence-corrected chi connectivity index (χ3v) is 7.63. The summed E-state index contributed by atoms with van der Waals surface area (Å²) in [6.45, 7) is 3.35. The summed E-state index contributed by atoms with van der Waals surface area (Å²) in [5.41, 5.74) is 5.21. The molecule has 0 bridgehead atoms. The average Bonchev–Trinajstić information content (AvgIpc) is 3.79. The first-order valence-electron chi connectivity index (χ1n) is 14.4. The van der Waals surface area contributed by atoms with Gasteiger partial charge in [-0.25, -0.2) is 4.98 Å². The molecule has 44 heavy (non-hydrogen) atoms. The molecule has 0 saturated carbocycles. The molecule has 0 fully saturated rings. The van der Waals surface area contributed by atoms with E-state index >= 15 is 0 Å². The molecule has 0 aliphatic carbocycles. The number of ether oxygens (including phenoxy) is 3. The summed E-state index contributed by atoms with van der Waals surface area (Å²) in [7, 11) is 0. The van der Waals surface area contributed by atoms with Gasteiger partial charge in [0.25, 0.3) is 11.3 Å². The number of nitrogens with one attached hydrogen (secondary N) is 2. The van der Waals surface area contributed by atoms with Gasteiger partial charge in [0.1, 0.15) is 18.6 Å². The topological polar surface area (TPSA) is 157 Å². The van der Waals surface area contributed by atoms with E-state index in [2.05, 4.69) is 21.5 Å². The Morgan fingerprint density at radius 2 is 1.91 bits per heavy atom. The van der Waals surface area contributed by atoms with Crippen LogP contribution in [0.1, 0.15) is 11.3 Å². The van der Waals surface area contributed by atoms with Crippen LogP contribution in [-0.2, 0) is 29.0 Å². The van der Waals surface area contributed by atoms with Crippen LogP contribution in [0.5, 0.6) is 5.75 Å². The van der Waals surface area contributed by atoms with Crippen LogP contribution in [-0.4, -0.2) is 59.3 Å². The van der Waals surface area contributed by atoms with E-state index < -0.39 is 0 Å². The lowest BCUT2D eigenvalue weighted by atomic mass is 10.0. The molecule has 13 nitrogen and oxygen atoms in total. The Morgan fingerprint density at radius 3 is 2.80 bits per heavy atom. The monoisotopic (exact) mass is 598 g/mol. The molecule has 0 saturated heterocycles. The first-order valence-corrected chi connectivity index (χ1v) is 14.4. The van der Waals surface area contributed by atoms with E-state index in [1.54, 1.807) is 16.7 Å². The second-order valence-electron chi connectivity index (χ2n) is 10.3. The number of fused-ring (bicyclic) bond motifs is 6. The van der Waals surface area contributed by atoms with Crippen LogP contribution in [0.4, 0.5) is 0 Å². The molecule has 2 aromatic carbocycles. The summed E-state index contributed by atoms with van der Waals surface area (Å²) in [6.07, 6.45) is 3.78. The Bertz CT molecular complexity index is 1960. The fourth-order valence-corrected chi connectivity index (χ4v) is 5.49. The molecule has 4 aromatic heterocycles. The Labute approximate surface area is 250 Å². The highest BCUT2D eigenvalue weighted by Crippen LogP contribution is 2.33. The van der Waals surface area contributed by atoms with Crippen LogP contribution in [0.3, 0.4) is 0 Å².